The van der Waals surface area contributed by atoms with Crippen LogP contribution < -0.4 is 0 Å². The fourth-order valence-corrected chi connectivity index (χ4v) is 3.91. The standard InChI is InChI=1S/C19H16N6O3S/c1-12-8-16(13(2)24(12)19-20-6-7-29-19)17(26)10-23-11-21-18(22-23)14-4-3-5-15(9-14)25(27)28/h3-9,11H,10H2,1-2H3. The van der Waals surface area contributed by atoms with Crippen LogP contribution in [0.4, 0.5) is 5.69 Å². The lowest BCUT2D eigenvalue weighted by atomic mass is 10.1. The summed E-state index contributed by atoms with van der Waals surface area (Å²) < 4.78 is 3.39. The van der Waals surface area contributed by atoms with E-state index in [4.69, 9.17) is 0 Å². The smallest absolute Gasteiger partial charge is 0.270 e. The van der Waals surface area contributed by atoms with E-state index in [0.29, 0.717) is 17.0 Å². The van der Waals surface area contributed by atoms with Gasteiger partial charge in [0.05, 0.1) is 4.92 Å². The van der Waals surface area contributed by atoms with Crippen LogP contribution in [0.15, 0.2) is 48.2 Å². The van der Waals surface area contributed by atoms with Crippen LogP contribution in [0.1, 0.15) is 21.7 Å². The first kappa shape index (κ1) is 18.7. The van der Waals surface area contributed by atoms with Gasteiger partial charge in [-0.2, -0.15) is 5.10 Å². The topological polar surface area (TPSA) is 109 Å². The van der Waals surface area contributed by atoms with Gasteiger partial charge in [-0.1, -0.05) is 12.1 Å². The molecule has 146 valence electrons. The lowest BCUT2D eigenvalue weighted by Gasteiger charge is -2.05. The molecule has 3 aromatic heterocycles. The Labute approximate surface area is 169 Å². The van der Waals surface area contributed by atoms with Crippen molar-refractivity contribution in [3.05, 3.63) is 75.3 Å². The first-order chi connectivity index (χ1) is 13.9. The van der Waals surface area contributed by atoms with Gasteiger partial charge in [-0.05, 0) is 19.9 Å². The van der Waals surface area contributed by atoms with Crippen LogP contribution >= 0.6 is 11.3 Å². The van der Waals surface area contributed by atoms with Crippen molar-refractivity contribution in [2.24, 2.45) is 0 Å². The van der Waals surface area contributed by atoms with Gasteiger partial charge in [0, 0.05) is 46.2 Å². The summed E-state index contributed by atoms with van der Waals surface area (Å²) in [6.45, 7) is 3.84. The van der Waals surface area contributed by atoms with Crippen LogP contribution in [-0.2, 0) is 6.54 Å². The van der Waals surface area contributed by atoms with Gasteiger partial charge < -0.3 is 0 Å². The van der Waals surface area contributed by atoms with Gasteiger partial charge in [-0.15, -0.1) is 11.3 Å². The summed E-state index contributed by atoms with van der Waals surface area (Å²) in [5.41, 5.74) is 2.83. The zero-order valence-electron chi connectivity index (χ0n) is 15.6. The van der Waals surface area contributed by atoms with E-state index in [9.17, 15) is 14.9 Å². The lowest BCUT2D eigenvalue weighted by molar-refractivity contribution is -0.384. The maximum Gasteiger partial charge on any atom is 0.270 e. The molecule has 0 saturated carbocycles. The summed E-state index contributed by atoms with van der Waals surface area (Å²) >= 11 is 1.50. The van der Waals surface area contributed by atoms with Crippen molar-refractivity contribution in [2.45, 2.75) is 20.4 Å². The molecule has 0 spiro atoms. The number of carbonyl (C=O) groups is 1. The van der Waals surface area contributed by atoms with Crippen molar-refractivity contribution in [1.82, 2.24) is 24.3 Å². The zero-order valence-corrected chi connectivity index (χ0v) is 16.5. The largest absolute Gasteiger partial charge is 0.294 e. The molecule has 0 unspecified atom stereocenters. The van der Waals surface area contributed by atoms with E-state index in [2.05, 4.69) is 15.1 Å². The van der Waals surface area contributed by atoms with Gasteiger partial charge in [-0.3, -0.25) is 19.5 Å². The third-order valence-corrected chi connectivity index (χ3v) is 5.26. The molecule has 4 aromatic rings. The normalized spacial score (nSPS) is 11.0. The molecule has 0 amide bonds. The maximum absolute atomic E-state index is 12.9. The fraction of sp³-hybridized carbons (Fsp3) is 0.158. The van der Waals surface area contributed by atoms with Crippen molar-refractivity contribution < 1.29 is 9.72 Å². The molecule has 0 saturated heterocycles. The summed E-state index contributed by atoms with van der Waals surface area (Å²) in [6, 6.07) is 7.92. The van der Waals surface area contributed by atoms with Crippen LogP contribution in [0.2, 0.25) is 0 Å². The average Bonchev–Trinajstić information content (AvgIpc) is 3.43. The number of hydrogen-bond donors (Lipinski definition) is 0. The molecule has 4 rings (SSSR count). The van der Waals surface area contributed by atoms with E-state index in [0.717, 1.165) is 16.5 Å². The summed E-state index contributed by atoms with van der Waals surface area (Å²) in [6.07, 6.45) is 3.18. The highest BCUT2D eigenvalue weighted by molar-refractivity contribution is 7.12. The number of ketones is 1. The highest BCUT2D eigenvalue weighted by Gasteiger charge is 2.19. The predicted molar refractivity (Wildman–Crippen MR) is 107 cm³/mol. The first-order valence-corrected chi connectivity index (χ1v) is 9.58. The molecule has 0 aliphatic carbocycles. The molecule has 0 atom stereocenters. The molecule has 0 aliphatic rings. The molecule has 29 heavy (non-hydrogen) atoms. The highest BCUT2D eigenvalue weighted by atomic mass is 32.1. The van der Waals surface area contributed by atoms with E-state index < -0.39 is 4.92 Å². The SMILES string of the molecule is Cc1cc(C(=O)Cn2cnc(-c3cccc([N+](=O)[O-])c3)n2)c(C)n1-c1nccs1. The zero-order chi connectivity index (χ0) is 20.5. The minimum absolute atomic E-state index is 0.0179. The quantitative estimate of drug-likeness (QED) is 0.274. The second-order valence-corrected chi connectivity index (χ2v) is 7.30. The van der Waals surface area contributed by atoms with Crippen molar-refractivity contribution in [1.29, 1.82) is 0 Å². The number of nitrogens with zero attached hydrogens (tertiary/aromatic N) is 6. The average molecular weight is 408 g/mol. The summed E-state index contributed by atoms with van der Waals surface area (Å²) in [7, 11) is 0. The number of thiazole rings is 1. The van der Waals surface area contributed by atoms with Crippen molar-refractivity contribution in [2.75, 3.05) is 0 Å². The van der Waals surface area contributed by atoms with Gasteiger partial charge in [0.15, 0.2) is 16.7 Å². The number of non-ortho nitro benzene ring substituents is 1. The van der Waals surface area contributed by atoms with Crippen molar-refractivity contribution in [3.8, 4) is 16.5 Å². The minimum atomic E-state index is -0.470. The number of aromatic nitrogens is 5. The molecule has 3 heterocycles. The number of hydrogen-bond acceptors (Lipinski definition) is 7. The Morgan fingerprint density at radius 2 is 2.07 bits per heavy atom. The van der Waals surface area contributed by atoms with Crippen molar-refractivity contribution in [3.63, 3.8) is 0 Å². The third kappa shape index (κ3) is 3.57. The second-order valence-electron chi connectivity index (χ2n) is 6.43. The van der Waals surface area contributed by atoms with Gasteiger partial charge in [0.1, 0.15) is 12.9 Å². The molecule has 9 nitrogen and oxygen atoms in total. The Hall–Kier alpha value is -3.66. The maximum atomic E-state index is 12.9. The van der Waals surface area contributed by atoms with Crippen LogP contribution in [-0.4, -0.2) is 35.0 Å². The van der Waals surface area contributed by atoms with Crippen LogP contribution in [0.25, 0.3) is 16.5 Å². The first-order valence-electron chi connectivity index (χ1n) is 8.70. The molecular weight excluding hydrogens is 392 g/mol. The fourth-order valence-electron chi connectivity index (χ4n) is 3.16. The van der Waals surface area contributed by atoms with E-state index in [-0.39, 0.29) is 18.0 Å². The van der Waals surface area contributed by atoms with Crippen LogP contribution in [0.5, 0.6) is 0 Å². The van der Waals surface area contributed by atoms with Gasteiger partial charge in [0.25, 0.3) is 5.69 Å². The Kier molecular flexibility index (Phi) is 4.77. The van der Waals surface area contributed by atoms with Crippen LogP contribution in [0, 0.1) is 24.0 Å². The molecule has 0 fully saturated rings. The molecule has 1 aromatic carbocycles. The number of aryl methyl sites for hydroxylation is 1. The Morgan fingerprint density at radius 1 is 1.24 bits per heavy atom. The number of carbonyl (C=O) groups excluding carboxylic acids is 1. The number of Topliss-reactive ketones (excluding diaryl/α,β-unsaturated/α-hetero) is 1. The van der Waals surface area contributed by atoms with E-state index in [1.807, 2.05) is 29.9 Å². The predicted octanol–water partition coefficient (Wildman–Crippen LogP) is 3.60. The molecule has 0 radical (unpaired) electrons. The number of benzene rings is 1. The van der Waals surface area contributed by atoms with Crippen molar-refractivity contribution >= 4 is 22.8 Å². The Bertz CT molecular complexity index is 1210. The lowest BCUT2D eigenvalue weighted by Crippen LogP contribution is -2.12. The van der Waals surface area contributed by atoms with Gasteiger partial charge in [0.2, 0.25) is 0 Å². The summed E-state index contributed by atoms with van der Waals surface area (Å²) in [5, 5.41) is 18.0. The van der Waals surface area contributed by atoms with Gasteiger partial charge >= 0.3 is 0 Å². The molecule has 0 N–H and O–H groups in total. The van der Waals surface area contributed by atoms with E-state index in [1.54, 1.807) is 18.3 Å². The molecule has 10 heteroatoms. The van der Waals surface area contributed by atoms with E-state index in [1.165, 1.54) is 34.5 Å². The Balaban J connectivity index is 1.57. The molecule has 0 bridgehead atoms. The monoisotopic (exact) mass is 408 g/mol. The molecular formula is C19H16N6O3S. The van der Waals surface area contributed by atoms with E-state index >= 15 is 0 Å². The molecule has 0 aliphatic heterocycles. The number of rotatable bonds is 6. The number of nitro groups is 1. The number of nitro benzene ring substituents is 1. The summed E-state index contributed by atoms with van der Waals surface area (Å²) in [4.78, 5) is 31.8. The Morgan fingerprint density at radius 3 is 2.79 bits per heavy atom. The highest BCUT2D eigenvalue weighted by Crippen LogP contribution is 2.23. The summed E-state index contributed by atoms with van der Waals surface area (Å²) in [5.74, 6) is 0.228. The second kappa shape index (κ2) is 7.40. The minimum Gasteiger partial charge on any atom is -0.294 e. The van der Waals surface area contributed by atoms with Gasteiger partial charge in [-0.25, -0.2) is 14.6 Å². The van der Waals surface area contributed by atoms with Crippen LogP contribution in [0.3, 0.4) is 0 Å². The third-order valence-electron chi connectivity index (χ3n) is 4.50.